The van der Waals surface area contributed by atoms with Crippen molar-refractivity contribution in [2.45, 2.75) is 12.8 Å². The highest BCUT2D eigenvalue weighted by molar-refractivity contribution is 5.82. The zero-order valence-electron chi connectivity index (χ0n) is 11.5. The summed E-state index contributed by atoms with van der Waals surface area (Å²) in [6.07, 6.45) is 1.46. The van der Waals surface area contributed by atoms with E-state index < -0.39 is 0 Å². The molecule has 0 fully saturated rings. The largest absolute Gasteiger partial charge is 0.494 e. The normalized spacial score (nSPS) is 9.90. The van der Waals surface area contributed by atoms with Crippen molar-refractivity contribution in [3.63, 3.8) is 0 Å². The Balaban J connectivity index is 1.74. The van der Waals surface area contributed by atoms with Gasteiger partial charge >= 0.3 is 5.97 Å². The quantitative estimate of drug-likeness (QED) is 0.339. The highest BCUT2D eigenvalue weighted by Crippen LogP contribution is 2.16. The summed E-state index contributed by atoms with van der Waals surface area (Å²) < 4.78 is 10.7. The molecule has 2 rings (SSSR count). The number of ether oxygens (including phenoxy) is 2. The fourth-order valence-electron chi connectivity index (χ4n) is 1.77. The van der Waals surface area contributed by atoms with Gasteiger partial charge in [-0.25, -0.2) is 0 Å². The molecule has 4 nitrogen and oxygen atoms in total. The third-order valence-corrected chi connectivity index (χ3v) is 2.81. The smallest absolute Gasteiger partial charge is 0.311 e. The SMILES string of the molecule is O=Cc1ccccc1OC(=O)CCCOc1ccccc1. The number of aldehydes is 1. The first kappa shape index (κ1) is 14.8. The molecular weight excluding hydrogens is 268 g/mol. The first-order chi connectivity index (χ1) is 10.3. The predicted octanol–water partition coefficient (Wildman–Crippen LogP) is 3.26. The van der Waals surface area contributed by atoms with Gasteiger partial charge in [0.2, 0.25) is 0 Å². The summed E-state index contributed by atoms with van der Waals surface area (Å²) in [6, 6.07) is 16.0. The van der Waals surface area contributed by atoms with Crippen molar-refractivity contribution in [2.24, 2.45) is 0 Å². The molecule has 0 atom stereocenters. The van der Waals surface area contributed by atoms with Crippen LogP contribution >= 0.6 is 0 Å². The Morgan fingerprint density at radius 1 is 1.00 bits per heavy atom. The van der Waals surface area contributed by atoms with E-state index >= 15 is 0 Å². The summed E-state index contributed by atoms with van der Waals surface area (Å²) in [6.45, 7) is 0.439. The lowest BCUT2D eigenvalue weighted by atomic mass is 10.2. The van der Waals surface area contributed by atoms with E-state index in [4.69, 9.17) is 9.47 Å². The van der Waals surface area contributed by atoms with E-state index in [1.807, 2.05) is 30.3 Å². The van der Waals surface area contributed by atoms with Crippen molar-refractivity contribution in [2.75, 3.05) is 6.61 Å². The maximum atomic E-state index is 11.7. The lowest BCUT2D eigenvalue weighted by Crippen LogP contribution is -2.11. The monoisotopic (exact) mass is 284 g/mol. The van der Waals surface area contributed by atoms with Gasteiger partial charge in [0.15, 0.2) is 6.29 Å². The number of benzene rings is 2. The van der Waals surface area contributed by atoms with Gasteiger partial charge in [0.25, 0.3) is 0 Å². The average Bonchev–Trinajstić information content (AvgIpc) is 2.53. The van der Waals surface area contributed by atoms with Gasteiger partial charge in [-0.05, 0) is 30.7 Å². The van der Waals surface area contributed by atoms with Crippen LogP contribution in [-0.4, -0.2) is 18.9 Å². The second-order valence-electron chi connectivity index (χ2n) is 4.39. The summed E-state index contributed by atoms with van der Waals surface area (Å²) >= 11 is 0. The molecule has 0 spiro atoms. The summed E-state index contributed by atoms with van der Waals surface area (Å²) in [5.74, 6) is 0.694. The van der Waals surface area contributed by atoms with Gasteiger partial charge < -0.3 is 9.47 Å². The molecule has 0 unspecified atom stereocenters. The molecule has 0 amide bonds. The Bertz CT molecular complexity index is 593. The van der Waals surface area contributed by atoms with Crippen LogP contribution in [0, 0.1) is 0 Å². The fraction of sp³-hybridized carbons (Fsp3) is 0.176. The molecule has 0 aromatic heterocycles. The van der Waals surface area contributed by atoms with E-state index in [-0.39, 0.29) is 12.4 Å². The molecule has 0 bridgehead atoms. The first-order valence-electron chi connectivity index (χ1n) is 6.72. The minimum atomic E-state index is -0.374. The molecule has 108 valence electrons. The van der Waals surface area contributed by atoms with Crippen molar-refractivity contribution in [3.8, 4) is 11.5 Å². The van der Waals surface area contributed by atoms with E-state index in [2.05, 4.69) is 0 Å². The first-order valence-corrected chi connectivity index (χ1v) is 6.72. The fourth-order valence-corrected chi connectivity index (χ4v) is 1.77. The highest BCUT2D eigenvalue weighted by atomic mass is 16.5. The van der Waals surface area contributed by atoms with Crippen LogP contribution in [0.4, 0.5) is 0 Å². The van der Waals surface area contributed by atoms with Crippen LogP contribution in [0.1, 0.15) is 23.2 Å². The van der Waals surface area contributed by atoms with Gasteiger partial charge in [0, 0.05) is 6.42 Å². The standard InChI is InChI=1S/C17H16O4/c18-13-14-7-4-5-10-16(14)21-17(19)11-6-12-20-15-8-2-1-3-9-15/h1-5,7-10,13H,6,11-12H2. The number of para-hydroxylation sites is 2. The minimum Gasteiger partial charge on any atom is -0.494 e. The van der Waals surface area contributed by atoms with E-state index in [0.29, 0.717) is 30.6 Å². The molecule has 2 aromatic rings. The van der Waals surface area contributed by atoms with Gasteiger partial charge in [0.05, 0.1) is 12.2 Å². The third kappa shape index (κ3) is 4.76. The van der Waals surface area contributed by atoms with E-state index in [1.165, 1.54) is 0 Å². The second kappa shape index (κ2) is 7.85. The minimum absolute atomic E-state index is 0.236. The lowest BCUT2D eigenvalue weighted by Gasteiger charge is -2.07. The number of esters is 1. The Labute approximate surface area is 123 Å². The molecule has 0 saturated carbocycles. The molecule has 21 heavy (non-hydrogen) atoms. The topological polar surface area (TPSA) is 52.6 Å². The van der Waals surface area contributed by atoms with Crippen LogP contribution < -0.4 is 9.47 Å². The Kier molecular flexibility index (Phi) is 5.52. The number of hydrogen-bond donors (Lipinski definition) is 0. The van der Waals surface area contributed by atoms with Crippen molar-refractivity contribution in [1.29, 1.82) is 0 Å². The zero-order chi connectivity index (χ0) is 14.9. The molecule has 0 N–H and O–H groups in total. The van der Waals surface area contributed by atoms with Crippen LogP contribution in [0.5, 0.6) is 11.5 Å². The molecule has 0 aliphatic heterocycles. The van der Waals surface area contributed by atoms with E-state index in [0.717, 1.165) is 5.75 Å². The molecule has 0 saturated heterocycles. The maximum Gasteiger partial charge on any atom is 0.311 e. The summed E-state index contributed by atoms with van der Waals surface area (Å²) in [7, 11) is 0. The van der Waals surface area contributed by atoms with E-state index in [1.54, 1.807) is 24.3 Å². The van der Waals surface area contributed by atoms with Crippen molar-refractivity contribution in [1.82, 2.24) is 0 Å². The van der Waals surface area contributed by atoms with Crippen molar-refractivity contribution in [3.05, 3.63) is 60.2 Å². The van der Waals surface area contributed by atoms with Gasteiger partial charge in [-0.1, -0.05) is 30.3 Å². The predicted molar refractivity (Wildman–Crippen MR) is 78.6 cm³/mol. The molecule has 0 aliphatic carbocycles. The van der Waals surface area contributed by atoms with Crippen LogP contribution in [0.2, 0.25) is 0 Å². The Hall–Kier alpha value is -2.62. The second-order valence-corrected chi connectivity index (χ2v) is 4.39. The summed E-state index contributed by atoms with van der Waals surface area (Å²) in [4.78, 5) is 22.5. The number of carbonyl (C=O) groups excluding carboxylic acids is 2. The highest BCUT2D eigenvalue weighted by Gasteiger charge is 2.08. The summed E-state index contributed by atoms with van der Waals surface area (Å²) in [5.41, 5.74) is 0.367. The van der Waals surface area contributed by atoms with Gasteiger partial charge in [0.1, 0.15) is 11.5 Å². The van der Waals surface area contributed by atoms with E-state index in [9.17, 15) is 9.59 Å². The third-order valence-electron chi connectivity index (χ3n) is 2.81. The summed E-state index contributed by atoms with van der Waals surface area (Å²) in [5, 5.41) is 0. The van der Waals surface area contributed by atoms with Crippen LogP contribution in [0.15, 0.2) is 54.6 Å². The molecule has 0 radical (unpaired) electrons. The van der Waals surface area contributed by atoms with Gasteiger partial charge in [-0.2, -0.15) is 0 Å². The Morgan fingerprint density at radius 2 is 1.71 bits per heavy atom. The van der Waals surface area contributed by atoms with Crippen molar-refractivity contribution < 1.29 is 19.1 Å². The van der Waals surface area contributed by atoms with Crippen molar-refractivity contribution >= 4 is 12.3 Å². The van der Waals surface area contributed by atoms with Crippen LogP contribution in [0.3, 0.4) is 0 Å². The van der Waals surface area contributed by atoms with Crippen LogP contribution in [-0.2, 0) is 4.79 Å². The van der Waals surface area contributed by atoms with Gasteiger partial charge in [-0.15, -0.1) is 0 Å². The number of carbonyl (C=O) groups is 2. The number of rotatable bonds is 7. The molecule has 4 heteroatoms. The average molecular weight is 284 g/mol. The molecule has 0 heterocycles. The Morgan fingerprint density at radius 3 is 2.48 bits per heavy atom. The maximum absolute atomic E-state index is 11.7. The molecule has 2 aromatic carbocycles. The van der Waals surface area contributed by atoms with Crippen LogP contribution in [0.25, 0.3) is 0 Å². The molecule has 0 aliphatic rings. The number of hydrogen-bond acceptors (Lipinski definition) is 4. The molecular formula is C17H16O4. The zero-order valence-corrected chi connectivity index (χ0v) is 11.5. The lowest BCUT2D eigenvalue weighted by molar-refractivity contribution is -0.134. The van der Waals surface area contributed by atoms with Gasteiger partial charge in [-0.3, -0.25) is 9.59 Å².